The fraction of sp³-hybridized carbons (Fsp3) is 0.250. The zero-order chi connectivity index (χ0) is 20.3. The lowest BCUT2D eigenvalue weighted by Gasteiger charge is -2.25. The maximum absolute atomic E-state index is 12.8. The summed E-state index contributed by atoms with van der Waals surface area (Å²) < 4.78 is 5.73. The van der Waals surface area contributed by atoms with E-state index >= 15 is 0 Å². The highest BCUT2D eigenvalue weighted by molar-refractivity contribution is 6.42. The Labute approximate surface area is 178 Å². The molecule has 0 unspecified atom stereocenters. The maximum atomic E-state index is 12.8. The van der Waals surface area contributed by atoms with Gasteiger partial charge in [-0.05, 0) is 43.7 Å². The molecule has 1 heterocycles. The second-order valence-corrected chi connectivity index (χ2v) is 7.74. The van der Waals surface area contributed by atoms with Gasteiger partial charge in [-0.2, -0.15) is 0 Å². The summed E-state index contributed by atoms with van der Waals surface area (Å²) in [7, 11) is 0. The number of rotatable bonds is 6. The number of carbonyl (C=O) groups excluding carboxylic acids is 1. The van der Waals surface area contributed by atoms with Crippen molar-refractivity contribution in [1.82, 2.24) is 15.1 Å². The van der Waals surface area contributed by atoms with E-state index < -0.39 is 0 Å². The number of hydrogen-bond acceptors (Lipinski definition) is 4. The number of nitrogens with zero attached hydrogens (tertiary/aromatic N) is 3. The van der Waals surface area contributed by atoms with Gasteiger partial charge in [0.05, 0.1) is 33.6 Å². The molecule has 8 heteroatoms. The van der Waals surface area contributed by atoms with Gasteiger partial charge in [0.2, 0.25) is 17.7 Å². The Morgan fingerprint density at radius 3 is 2.46 bits per heavy atom. The summed E-state index contributed by atoms with van der Waals surface area (Å²) in [5.74, 6) is 0.582. The van der Waals surface area contributed by atoms with Crippen molar-refractivity contribution in [3.05, 3.63) is 69.0 Å². The van der Waals surface area contributed by atoms with E-state index in [1.807, 2.05) is 26.0 Å². The molecule has 0 radical (unpaired) electrons. The van der Waals surface area contributed by atoms with E-state index in [1.54, 1.807) is 35.2 Å². The van der Waals surface area contributed by atoms with Crippen molar-refractivity contribution in [1.29, 1.82) is 0 Å². The normalized spacial score (nSPS) is 11.1. The highest BCUT2D eigenvalue weighted by Gasteiger charge is 2.21. The van der Waals surface area contributed by atoms with Gasteiger partial charge in [0.25, 0.3) is 0 Å². The van der Waals surface area contributed by atoms with E-state index in [4.69, 9.17) is 39.2 Å². The van der Waals surface area contributed by atoms with Gasteiger partial charge in [-0.25, -0.2) is 0 Å². The second-order valence-electron chi connectivity index (χ2n) is 6.52. The molecule has 0 fully saturated rings. The molecule has 3 aromatic rings. The predicted octanol–water partition coefficient (Wildman–Crippen LogP) is 5.68. The number of amides is 1. The fourth-order valence-electron chi connectivity index (χ4n) is 2.69. The Morgan fingerprint density at radius 1 is 1.04 bits per heavy atom. The molecule has 1 amide bonds. The highest BCUT2D eigenvalue weighted by atomic mass is 35.5. The van der Waals surface area contributed by atoms with Crippen LogP contribution in [0.25, 0.3) is 11.5 Å². The summed E-state index contributed by atoms with van der Waals surface area (Å²) in [6.07, 6.45) is 0.195. The SMILES string of the molecule is CC(C)N(Cc1nnc(-c2ccccc2Cl)o1)C(=O)Cc1ccc(Cl)c(Cl)c1. The first-order valence-electron chi connectivity index (χ1n) is 8.66. The molecule has 0 aliphatic rings. The van der Waals surface area contributed by atoms with Gasteiger partial charge in [0, 0.05) is 6.04 Å². The molecule has 0 saturated heterocycles. The van der Waals surface area contributed by atoms with Crippen LogP contribution in [0.4, 0.5) is 0 Å². The molecule has 3 rings (SSSR count). The lowest BCUT2D eigenvalue weighted by molar-refractivity contribution is -0.133. The van der Waals surface area contributed by atoms with E-state index in [-0.39, 0.29) is 24.9 Å². The van der Waals surface area contributed by atoms with Crippen LogP contribution in [0.2, 0.25) is 15.1 Å². The fourth-order valence-corrected chi connectivity index (χ4v) is 3.23. The molecule has 146 valence electrons. The number of aromatic nitrogens is 2. The molecular weight excluding hydrogens is 421 g/mol. The standard InChI is InChI=1S/C20H18Cl3N3O2/c1-12(2)26(19(27)10-13-7-8-16(22)17(23)9-13)11-18-24-25-20(28-18)14-5-3-4-6-15(14)21/h3-9,12H,10-11H2,1-2H3. The van der Waals surface area contributed by atoms with Gasteiger partial charge in [0.15, 0.2) is 0 Å². The molecule has 0 aliphatic heterocycles. The van der Waals surface area contributed by atoms with Crippen molar-refractivity contribution in [2.45, 2.75) is 32.9 Å². The zero-order valence-electron chi connectivity index (χ0n) is 15.3. The molecule has 0 spiro atoms. The first-order valence-corrected chi connectivity index (χ1v) is 9.79. The lowest BCUT2D eigenvalue weighted by Crippen LogP contribution is -2.37. The Kier molecular flexibility index (Phi) is 6.60. The minimum Gasteiger partial charge on any atom is -0.419 e. The lowest BCUT2D eigenvalue weighted by atomic mass is 10.1. The first-order chi connectivity index (χ1) is 13.3. The van der Waals surface area contributed by atoms with Crippen LogP contribution in [0.1, 0.15) is 25.3 Å². The molecule has 0 atom stereocenters. The number of hydrogen-bond donors (Lipinski definition) is 0. The molecule has 0 aliphatic carbocycles. The van der Waals surface area contributed by atoms with Crippen LogP contribution in [-0.4, -0.2) is 27.0 Å². The zero-order valence-corrected chi connectivity index (χ0v) is 17.6. The minimum atomic E-state index is -0.0779. The van der Waals surface area contributed by atoms with E-state index in [0.29, 0.717) is 32.4 Å². The molecule has 28 heavy (non-hydrogen) atoms. The molecule has 2 aromatic carbocycles. The van der Waals surface area contributed by atoms with Crippen LogP contribution in [0, 0.1) is 0 Å². The number of halogens is 3. The summed E-state index contributed by atoms with van der Waals surface area (Å²) in [5.41, 5.74) is 1.44. The minimum absolute atomic E-state index is 0.0501. The van der Waals surface area contributed by atoms with Gasteiger partial charge in [0.1, 0.15) is 0 Å². The van der Waals surface area contributed by atoms with Crippen molar-refractivity contribution in [3.63, 3.8) is 0 Å². The summed E-state index contributed by atoms with van der Waals surface area (Å²) in [4.78, 5) is 14.5. The Morgan fingerprint density at radius 2 is 1.79 bits per heavy atom. The van der Waals surface area contributed by atoms with Crippen LogP contribution < -0.4 is 0 Å². The third kappa shape index (κ3) is 4.85. The quantitative estimate of drug-likeness (QED) is 0.497. The summed E-state index contributed by atoms with van der Waals surface area (Å²) >= 11 is 18.2. The molecular formula is C20H18Cl3N3O2. The van der Waals surface area contributed by atoms with Crippen LogP contribution in [-0.2, 0) is 17.8 Å². The second kappa shape index (κ2) is 8.95. The smallest absolute Gasteiger partial charge is 0.249 e. The summed E-state index contributed by atoms with van der Waals surface area (Å²) in [6.45, 7) is 4.06. The van der Waals surface area contributed by atoms with Crippen molar-refractivity contribution in [2.75, 3.05) is 0 Å². The molecule has 0 N–H and O–H groups in total. The summed E-state index contributed by atoms with van der Waals surface area (Å²) in [6, 6.07) is 12.3. The van der Waals surface area contributed by atoms with Crippen molar-refractivity contribution in [3.8, 4) is 11.5 Å². The van der Waals surface area contributed by atoms with Gasteiger partial charge < -0.3 is 9.32 Å². The molecule has 0 bridgehead atoms. The van der Waals surface area contributed by atoms with Crippen LogP contribution >= 0.6 is 34.8 Å². The maximum Gasteiger partial charge on any atom is 0.249 e. The summed E-state index contributed by atoms with van der Waals surface area (Å²) in [5, 5.41) is 9.51. The van der Waals surface area contributed by atoms with Gasteiger partial charge >= 0.3 is 0 Å². The monoisotopic (exact) mass is 437 g/mol. The highest BCUT2D eigenvalue weighted by Crippen LogP contribution is 2.27. The Hall–Kier alpha value is -2.08. The van der Waals surface area contributed by atoms with Crippen LogP contribution in [0.3, 0.4) is 0 Å². The average Bonchev–Trinajstić information content (AvgIpc) is 3.11. The van der Waals surface area contributed by atoms with Gasteiger partial charge in [-0.3, -0.25) is 4.79 Å². The molecule has 0 saturated carbocycles. The predicted molar refractivity (Wildman–Crippen MR) is 111 cm³/mol. The van der Waals surface area contributed by atoms with Crippen LogP contribution in [0.5, 0.6) is 0 Å². The largest absolute Gasteiger partial charge is 0.419 e. The van der Waals surface area contributed by atoms with E-state index in [2.05, 4.69) is 10.2 Å². The third-order valence-corrected chi connectivity index (χ3v) is 5.23. The van der Waals surface area contributed by atoms with E-state index in [1.165, 1.54) is 0 Å². The Balaban J connectivity index is 1.75. The first kappa shape index (κ1) is 20.6. The number of carbonyl (C=O) groups is 1. The van der Waals surface area contributed by atoms with Crippen molar-refractivity contribution >= 4 is 40.7 Å². The van der Waals surface area contributed by atoms with E-state index in [9.17, 15) is 4.79 Å². The molecule has 1 aromatic heterocycles. The number of benzene rings is 2. The van der Waals surface area contributed by atoms with Gasteiger partial charge in [-0.15, -0.1) is 10.2 Å². The van der Waals surface area contributed by atoms with E-state index in [0.717, 1.165) is 5.56 Å². The van der Waals surface area contributed by atoms with Crippen molar-refractivity contribution in [2.24, 2.45) is 0 Å². The third-order valence-electron chi connectivity index (χ3n) is 4.16. The van der Waals surface area contributed by atoms with Crippen molar-refractivity contribution < 1.29 is 9.21 Å². The average molecular weight is 439 g/mol. The van der Waals surface area contributed by atoms with Crippen LogP contribution in [0.15, 0.2) is 46.9 Å². The topological polar surface area (TPSA) is 59.2 Å². The Bertz CT molecular complexity index is 988. The molecule has 5 nitrogen and oxygen atoms in total. The van der Waals surface area contributed by atoms with Gasteiger partial charge in [-0.1, -0.05) is 53.0 Å².